The van der Waals surface area contributed by atoms with Crippen molar-refractivity contribution in [3.8, 4) is 33.4 Å². The minimum Gasteiger partial charge on any atom is -0.455 e. The Bertz CT molecular complexity index is 2950. The zero-order valence-corrected chi connectivity index (χ0v) is 29.3. The van der Waals surface area contributed by atoms with Crippen LogP contribution in [0.4, 0.5) is 17.1 Å². The predicted octanol–water partition coefficient (Wildman–Crippen LogP) is 14.7. The van der Waals surface area contributed by atoms with Crippen LogP contribution in [0.1, 0.15) is 5.56 Å². The number of nitrogens with zero attached hydrogens (tertiary/aromatic N) is 1. The van der Waals surface area contributed by atoms with E-state index in [1.54, 1.807) is 0 Å². The molecule has 0 spiro atoms. The third kappa shape index (κ3) is 5.44. The molecule has 0 radical (unpaired) electrons. The fourth-order valence-electron chi connectivity index (χ4n) is 7.89. The summed E-state index contributed by atoms with van der Waals surface area (Å²) in [6, 6.07) is 69.9. The van der Waals surface area contributed by atoms with Crippen LogP contribution in [0.15, 0.2) is 199 Å². The van der Waals surface area contributed by atoms with Gasteiger partial charge in [-0.2, -0.15) is 0 Å². The quantitative estimate of drug-likeness (QED) is 0.174. The predicted molar refractivity (Wildman–Crippen MR) is 224 cm³/mol. The molecule has 1 aromatic heterocycles. The van der Waals surface area contributed by atoms with Gasteiger partial charge in [-0.25, -0.2) is 0 Å². The molecule has 0 saturated heterocycles. The van der Waals surface area contributed by atoms with E-state index in [0.29, 0.717) is 0 Å². The van der Waals surface area contributed by atoms with E-state index in [-0.39, 0.29) is 0 Å². The molecule has 0 N–H and O–H groups in total. The van der Waals surface area contributed by atoms with Crippen molar-refractivity contribution in [2.24, 2.45) is 0 Å². The Hall–Kier alpha value is -6.90. The van der Waals surface area contributed by atoms with Gasteiger partial charge in [-0.05, 0) is 104 Å². The third-order valence-electron chi connectivity index (χ3n) is 10.6. The number of benzene rings is 9. The Balaban J connectivity index is 1.08. The van der Waals surface area contributed by atoms with Crippen molar-refractivity contribution in [3.63, 3.8) is 0 Å². The lowest BCUT2D eigenvalue weighted by atomic mass is 9.97. The lowest BCUT2D eigenvalue weighted by Gasteiger charge is -2.26. The normalized spacial score (nSPS) is 11.5. The molecule has 250 valence electrons. The first-order chi connectivity index (χ1) is 26.2. The average Bonchev–Trinajstić information content (AvgIpc) is 3.62. The van der Waals surface area contributed by atoms with E-state index in [2.05, 4.69) is 206 Å². The van der Waals surface area contributed by atoms with Crippen LogP contribution in [0.5, 0.6) is 0 Å². The van der Waals surface area contributed by atoms with Crippen LogP contribution in [-0.2, 0) is 0 Å². The standard InChI is InChI=1S/C51H35NO/c1-34-10-6-20-48-49-21-9-19-47(51(49)53-50(34)48)38-26-30-43(31-27-38)52(42-28-24-37(25-29-42)46-18-8-14-36-12-4-5-17-45(36)46)44-16-7-15-40(33-44)41-23-22-35-11-2-3-13-39(35)32-41/h2-33H,1H3. The highest BCUT2D eigenvalue weighted by Crippen LogP contribution is 2.41. The van der Waals surface area contributed by atoms with Crippen LogP contribution in [0.2, 0.25) is 0 Å². The zero-order valence-electron chi connectivity index (χ0n) is 29.3. The molecule has 0 bridgehead atoms. The highest BCUT2D eigenvalue weighted by molar-refractivity contribution is 6.10. The van der Waals surface area contributed by atoms with Crippen LogP contribution < -0.4 is 4.90 Å². The Labute approximate surface area is 308 Å². The Morgan fingerprint density at radius 3 is 1.68 bits per heavy atom. The number of hydrogen-bond acceptors (Lipinski definition) is 2. The summed E-state index contributed by atoms with van der Waals surface area (Å²) in [5.74, 6) is 0. The fraction of sp³-hybridized carbons (Fsp3) is 0.0196. The van der Waals surface area contributed by atoms with Crippen molar-refractivity contribution in [1.82, 2.24) is 0 Å². The molecule has 10 rings (SSSR count). The van der Waals surface area contributed by atoms with E-state index in [9.17, 15) is 0 Å². The highest BCUT2D eigenvalue weighted by Gasteiger charge is 2.17. The van der Waals surface area contributed by atoms with Crippen LogP contribution in [-0.4, -0.2) is 0 Å². The van der Waals surface area contributed by atoms with Gasteiger partial charge >= 0.3 is 0 Å². The number of aryl methyl sites for hydroxylation is 1. The van der Waals surface area contributed by atoms with E-state index in [0.717, 1.165) is 55.7 Å². The molecule has 0 atom stereocenters. The molecular weight excluding hydrogens is 643 g/mol. The third-order valence-corrected chi connectivity index (χ3v) is 10.6. The van der Waals surface area contributed by atoms with Gasteiger partial charge in [0, 0.05) is 33.4 Å². The molecule has 2 nitrogen and oxygen atoms in total. The summed E-state index contributed by atoms with van der Waals surface area (Å²) < 4.78 is 6.53. The highest BCUT2D eigenvalue weighted by atomic mass is 16.3. The van der Waals surface area contributed by atoms with Gasteiger partial charge < -0.3 is 9.32 Å². The first-order valence-corrected chi connectivity index (χ1v) is 18.2. The lowest BCUT2D eigenvalue weighted by Crippen LogP contribution is -2.10. The van der Waals surface area contributed by atoms with Crippen LogP contribution in [0, 0.1) is 6.92 Å². The molecule has 0 fully saturated rings. The summed E-state index contributed by atoms with van der Waals surface area (Å²) in [7, 11) is 0. The van der Waals surface area contributed by atoms with Crippen molar-refractivity contribution >= 4 is 60.5 Å². The maximum atomic E-state index is 6.53. The van der Waals surface area contributed by atoms with Crippen LogP contribution >= 0.6 is 0 Å². The van der Waals surface area contributed by atoms with Crippen molar-refractivity contribution in [2.75, 3.05) is 4.90 Å². The van der Waals surface area contributed by atoms with E-state index in [1.165, 1.54) is 43.8 Å². The summed E-state index contributed by atoms with van der Waals surface area (Å²) in [6.45, 7) is 2.11. The van der Waals surface area contributed by atoms with E-state index in [1.807, 2.05) is 0 Å². The maximum absolute atomic E-state index is 6.53. The number of rotatable bonds is 6. The second-order valence-corrected chi connectivity index (χ2v) is 13.8. The van der Waals surface area contributed by atoms with Crippen molar-refractivity contribution in [1.29, 1.82) is 0 Å². The monoisotopic (exact) mass is 677 g/mol. The number of anilines is 3. The van der Waals surface area contributed by atoms with E-state index >= 15 is 0 Å². The number of fused-ring (bicyclic) bond motifs is 5. The summed E-state index contributed by atoms with van der Waals surface area (Å²) in [4.78, 5) is 2.35. The average molecular weight is 678 g/mol. The SMILES string of the molecule is Cc1cccc2c1oc1c(-c3ccc(N(c4ccc(-c5cccc6ccccc56)cc4)c4cccc(-c5ccc6ccccc6c5)c4)cc3)cccc12. The molecule has 2 heteroatoms. The van der Waals surface area contributed by atoms with Crippen LogP contribution in [0.25, 0.3) is 76.9 Å². The topological polar surface area (TPSA) is 16.4 Å². The first kappa shape index (κ1) is 30.9. The van der Waals surface area contributed by atoms with Crippen molar-refractivity contribution in [2.45, 2.75) is 6.92 Å². The number of furan rings is 1. The zero-order chi connectivity index (χ0) is 35.3. The molecule has 0 aliphatic carbocycles. The fourth-order valence-corrected chi connectivity index (χ4v) is 7.89. The molecule has 53 heavy (non-hydrogen) atoms. The molecule has 0 unspecified atom stereocenters. The molecule has 0 aliphatic heterocycles. The van der Waals surface area contributed by atoms with Gasteiger partial charge in [0.2, 0.25) is 0 Å². The van der Waals surface area contributed by atoms with E-state index in [4.69, 9.17) is 4.42 Å². The minimum atomic E-state index is 0.925. The molecule has 0 aliphatic rings. The largest absolute Gasteiger partial charge is 0.455 e. The van der Waals surface area contributed by atoms with Gasteiger partial charge in [0.25, 0.3) is 0 Å². The number of hydrogen-bond donors (Lipinski definition) is 0. The maximum Gasteiger partial charge on any atom is 0.143 e. The summed E-state index contributed by atoms with van der Waals surface area (Å²) >= 11 is 0. The van der Waals surface area contributed by atoms with Crippen molar-refractivity contribution in [3.05, 3.63) is 200 Å². The van der Waals surface area contributed by atoms with Gasteiger partial charge in [-0.3, -0.25) is 0 Å². The molecule has 1 heterocycles. The molecular formula is C51H35NO. The van der Waals surface area contributed by atoms with Gasteiger partial charge in [-0.15, -0.1) is 0 Å². The Morgan fingerprint density at radius 2 is 0.887 bits per heavy atom. The summed E-state index contributed by atoms with van der Waals surface area (Å²) in [5, 5.41) is 7.28. The second-order valence-electron chi connectivity index (χ2n) is 13.8. The lowest BCUT2D eigenvalue weighted by molar-refractivity contribution is 0.667. The smallest absolute Gasteiger partial charge is 0.143 e. The van der Waals surface area contributed by atoms with Crippen LogP contribution in [0.3, 0.4) is 0 Å². The Kier molecular flexibility index (Phi) is 7.40. The van der Waals surface area contributed by atoms with Gasteiger partial charge in [-0.1, -0.05) is 152 Å². The van der Waals surface area contributed by atoms with Gasteiger partial charge in [0.1, 0.15) is 11.2 Å². The Morgan fingerprint density at radius 1 is 0.340 bits per heavy atom. The summed E-state index contributed by atoms with van der Waals surface area (Å²) in [6.07, 6.45) is 0. The van der Waals surface area contributed by atoms with Gasteiger partial charge in [0.15, 0.2) is 0 Å². The van der Waals surface area contributed by atoms with E-state index < -0.39 is 0 Å². The van der Waals surface area contributed by atoms with Gasteiger partial charge in [0.05, 0.1) is 0 Å². The summed E-state index contributed by atoms with van der Waals surface area (Å²) in [5.41, 5.74) is 13.3. The molecule has 0 saturated carbocycles. The minimum absolute atomic E-state index is 0.925. The number of para-hydroxylation sites is 2. The first-order valence-electron chi connectivity index (χ1n) is 18.2. The molecule has 10 aromatic rings. The molecule has 0 amide bonds. The molecule has 9 aromatic carbocycles. The van der Waals surface area contributed by atoms with Crippen molar-refractivity contribution < 1.29 is 4.42 Å². The second kappa shape index (κ2) is 12.7.